The minimum atomic E-state index is 0.0508. The van der Waals surface area contributed by atoms with Gasteiger partial charge in [-0.2, -0.15) is 0 Å². The fourth-order valence-electron chi connectivity index (χ4n) is 2.72. The van der Waals surface area contributed by atoms with Crippen LogP contribution in [0.4, 0.5) is 5.69 Å². The summed E-state index contributed by atoms with van der Waals surface area (Å²) in [5.74, 6) is 0.812. The molecule has 3 nitrogen and oxygen atoms in total. The number of nitrogen functional groups attached to an aromatic ring is 1. The summed E-state index contributed by atoms with van der Waals surface area (Å²) < 4.78 is 5.69. The van der Waals surface area contributed by atoms with Gasteiger partial charge in [0.2, 0.25) is 0 Å². The molecule has 3 aromatic rings. The molecule has 0 bridgehead atoms. The van der Waals surface area contributed by atoms with E-state index in [1.807, 2.05) is 48.5 Å². The van der Waals surface area contributed by atoms with Crippen LogP contribution in [-0.2, 0) is 6.61 Å². The second-order valence-electron chi connectivity index (χ2n) is 6.05. The van der Waals surface area contributed by atoms with Crippen LogP contribution in [-0.4, -0.2) is 11.7 Å². The summed E-state index contributed by atoms with van der Waals surface area (Å²) in [6.07, 6.45) is 4.95. The average Bonchev–Trinajstić information content (AvgIpc) is 2.69. The van der Waals surface area contributed by atoms with E-state index in [9.17, 15) is 0 Å². The van der Waals surface area contributed by atoms with E-state index in [1.54, 1.807) is 0 Å². The number of benzene rings is 3. The molecule has 0 saturated carbocycles. The number of anilines is 1. The Labute approximate surface area is 154 Å². The highest BCUT2D eigenvalue weighted by molar-refractivity contribution is 5.78. The Balaban J connectivity index is 1.53. The van der Waals surface area contributed by atoms with Crippen molar-refractivity contribution < 1.29 is 9.84 Å². The predicted octanol–water partition coefficient (Wildman–Crippen LogP) is 4.91. The van der Waals surface area contributed by atoms with E-state index in [-0.39, 0.29) is 6.61 Å². The summed E-state index contributed by atoms with van der Waals surface area (Å²) in [6, 6.07) is 23.7. The summed E-state index contributed by atoms with van der Waals surface area (Å²) in [4.78, 5) is 0. The number of rotatable bonds is 7. The van der Waals surface area contributed by atoms with Gasteiger partial charge in [-0.15, -0.1) is 0 Å². The maximum Gasteiger partial charge on any atom is 0.119 e. The van der Waals surface area contributed by atoms with Crippen molar-refractivity contribution in [3.63, 3.8) is 0 Å². The molecule has 132 valence electrons. The van der Waals surface area contributed by atoms with Gasteiger partial charge in [0.25, 0.3) is 0 Å². The lowest BCUT2D eigenvalue weighted by Crippen LogP contribution is -1.95. The van der Waals surface area contributed by atoms with Gasteiger partial charge in [-0.25, -0.2) is 0 Å². The van der Waals surface area contributed by atoms with Gasteiger partial charge in [-0.05, 0) is 41.3 Å². The fraction of sp³-hybridized carbons (Fsp3) is 0.130. The quantitative estimate of drug-likeness (QED) is 0.472. The van der Waals surface area contributed by atoms with Gasteiger partial charge < -0.3 is 15.6 Å². The number of ether oxygens (including phenoxy) is 1. The largest absolute Gasteiger partial charge is 0.493 e. The third-order valence-electron chi connectivity index (χ3n) is 4.13. The first-order valence-electron chi connectivity index (χ1n) is 8.70. The summed E-state index contributed by atoms with van der Waals surface area (Å²) in [6.45, 7) is 0.655. The average molecular weight is 345 g/mol. The molecule has 0 aliphatic carbocycles. The van der Waals surface area contributed by atoms with Crippen LogP contribution in [0.2, 0.25) is 0 Å². The van der Waals surface area contributed by atoms with Gasteiger partial charge in [0, 0.05) is 11.3 Å². The highest BCUT2D eigenvalue weighted by atomic mass is 16.5. The van der Waals surface area contributed by atoms with Crippen LogP contribution in [0.5, 0.6) is 5.75 Å². The molecule has 0 radical (unpaired) electrons. The lowest BCUT2D eigenvalue weighted by molar-refractivity contribution is 0.281. The molecule has 0 spiro atoms. The normalized spacial score (nSPS) is 11.0. The summed E-state index contributed by atoms with van der Waals surface area (Å²) in [5, 5.41) is 9.03. The van der Waals surface area contributed by atoms with E-state index in [2.05, 4.69) is 36.4 Å². The monoisotopic (exact) mass is 345 g/mol. The number of aliphatic hydroxyl groups excluding tert-OH is 1. The molecule has 3 rings (SSSR count). The summed E-state index contributed by atoms with van der Waals surface area (Å²) in [7, 11) is 0. The predicted molar refractivity (Wildman–Crippen MR) is 108 cm³/mol. The van der Waals surface area contributed by atoms with Crippen LogP contribution in [0.25, 0.3) is 17.2 Å². The molecule has 3 heteroatoms. The smallest absolute Gasteiger partial charge is 0.119 e. The van der Waals surface area contributed by atoms with E-state index in [4.69, 9.17) is 15.6 Å². The molecule has 3 aromatic carbocycles. The molecule has 0 atom stereocenters. The topological polar surface area (TPSA) is 55.5 Å². The summed E-state index contributed by atoms with van der Waals surface area (Å²) >= 11 is 0. The zero-order valence-corrected chi connectivity index (χ0v) is 14.6. The highest BCUT2D eigenvalue weighted by Crippen LogP contribution is 2.26. The Morgan fingerprint density at radius 2 is 1.69 bits per heavy atom. The standard InChI is InChI=1S/C23H23NO2/c24-23-16-18(11-14-22(23)20-7-2-1-3-8-20)6-4-5-15-26-21-12-9-19(17-25)10-13-21/h1-4,6-14,16,25H,5,15,17,24H2/b6-4+. The van der Waals surface area contributed by atoms with Crippen molar-refractivity contribution >= 4 is 11.8 Å². The maximum atomic E-state index is 9.03. The molecule has 0 unspecified atom stereocenters. The molecule has 26 heavy (non-hydrogen) atoms. The molecule has 3 N–H and O–H groups in total. The van der Waals surface area contributed by atoms with E-state index in [0.717, 1.165) is 40.1 Å². The Morgan fingerprint density at radius 3 is 2.38 bits per heavy atom. The molecule has 0 amide bonds. The van der Waals surface area contributed by atoms with Crippen molar-refractivity contribution in [1.29, 1.82) is 0 Å². The fourth-order valence-corrected chi connectivity index (χ4v) is 2.72. The van der Waals surface area contributed by atoms with Gasteiger partial charge in [0.1, 0.15) is 5.75 Å². The van der Waals surface area contributed by atoms with Gasteiger partial charge in [0.05, 0.1) is 13.2 Å². The van der Waals surface area contributed by atoms with Crippen LogP contribution in [0.1, 0.15) is 17.5 Å². The van der Waals surface area contributed by atoms with Crippen molar-refractivity contribution in [1.82, 2.24) is 0 Å². The van der Waals surface area contributed by atoms with Crippen LogP contribution in [0.3, 0.4) is 0 Å². The second-order valence-corrected chi connectivity index (χ2v) is 6.05. The first kappa shape index (κ1) is 17.8. The van der Waals surface area contributed by atoms with E-state index >= 15 is 0 Å². The van der Waals surface area contributed by atoms with Crippen molar-refractivity contribution in [3.8, 4) is 16.9 Å². The van der Waals surface area contributed by atoms with Gasteiger partial charge in [0.15, 0.2) is 0 Å². The van der Waals surface area contributed by atoms with E-state index in [1.165, 1.54) is 0 Å². The molecular formula is C23H23NO2. The Morgan fingerprint density at radius 1 is 0.923 bits per heavy atom. The van der Waals surface area contributed by atoms with E-state index < -0.39 is 0 Å². The Bertz CT molecular complexity index is 855. The van der Waals surface area contributed by atoms with Crippen molar-refractivity contribution in [2.45, 2.75) is 13.0 Å². The number of hydrogen-bond donors (Lipinski definition) is 2. The molecular weight excluding hydrogens is 322 g/mol. The first-order valence-corrected chi connectivity index (χ1v) is 8.70. The highest BCUT2D eigenvalue weighted by Gasteiger charge is 2.02. The SMILES string of the molecule is Nc1cc(/C=C/CCOc2ccc(CO)cc2)ccc1-c1ccccc1. The van der Waals surface area contributed by atoms with Crippen LogP contribution in [0, 0.1) is 0 Å². The molecule has 0 fully saturated rings. The number of aliphatic hydroxyl groups is 1. The minimum absolute atomic E-state index is 0.0508. The minimum Gasteiger partial charge on any atom is -0.493 e. The lowest BCUT2D eigenvalue weighted by atomic mass is 10.0. The van der Waals surface area contributed by atoms with Crippen LogP contribution < -0.4 is 10.5 Å². The summed E-state index contributed by atoms with van der Waals surface area (Å²) in [5.41, 5.74) is 11.1. The molecule has 0 heterocycles. The van der Waals surface area contributed by atoms with Crippen LogP contribution in [0.15, 0.2) is 78.9 Å². The first-order chi connectivity index (χ1) is 12.8. The third-order valence-corrected chi connectivity index (χ3v) is 4.13. The zero-order valence-electron chi connectivity index (χ0n) is 14.6. The zero-order chi connectivity index (χ0) is 18.2. The molecule has 0 aromatic heterocycles. The van der Waals surface area contributed by atoms with Crippen LogP contribution >= 0.6 is 0 Å². The molecule has 0 saturated heterocycles. The van der Waals surface area contributed by atoms with Crippen molar-refractivity contribution in [3.05, 3.63) is 90.0 Å². The number of nitrogens with two attached hydrogens (primary N) is 1. The van der Waals surface area contributed by atoms with Gasteiger partial charge >= 0.3 is 0 Å². The van der Waals surface area contributed by atoms with Crippen molar-refractivity contribution in [2.75, 3.05) is 12.3 Å². The second kappa shape index (κ2) is 8.88. The third kappa shape index (κ3) is 4.74. The van der Waals surface area contributed by atoms with Gasteiger partial charge in [-0.1, -0.05) is 66.7 Å². The molecule has 0 aliphatic heterocycles. The Kier molecular flexibility index (Phi) is 6.07. The Hall–Kier alpha value is -3.04. The molecule has 0 aliphatic rings. The maximum absolute atomic E-state index is 9.03. The van der Waals surface area contributed by atoms with Gasteiger partial charge in [-0.3, -0.25) is 0 Å². The van der Waals surface area contributed by atoms with E-state index in [0.29, 0.717) is 6.61 Å². The number of hydrogen-bond acceptors (Lipinski definition) is 3. The lowest BCUT2D eigenvalue weighted by Gasteiger charge is -2.07. The van der Waals surface area contributed by atoms with Crippen molar-refractivity contribution in [2.24, 2.45) is 0 Å².